The first-order valence-electron chi connectivity index (χ1n) is 10.5. The second-order valence-electron chi connectivity index (χ2n) is 7.55. The van der Waals surface area contributed by atoms with Crippen molar-refractivity contribution in [2.75, 3.05) is 5.32 Å². The van der Waals surface area contributed by atoms with Crippen LogP contribution in [-0.2, 0) is 11.4 Å². The Morgan fingerprint density at radius 2 is 1.83 bits per heavy atom. The van der Waals surface area contributed by atoms with Gasteiger partial charge in [-0.3, -0.25) is 14.9 Å². The van der Waals surface area contributed by atoms with Crippen molar-refractivity contribution in [3.8, 4) is 11.8 Å². The number of hydrogen-bond donors (Lipinski definition) is 1. The first kappa shape index (κ1) is 23.7. The zero-order valence-electron chi connectivity index (χ0n) is 18.3. The minimum absolute atomic E-state index is 0.164. The van der Waals surface area contributed by atoms with Gasteiger partial charge in [-0.25, -0.2) is 0 Å². The van der Waals surface area contributed by atoms with E-state index in [-0.39, 0.29) is 16.9 Å². The van der Waals surface area contributed by atoms with Gasteiger partial charge >= 0.3 is 0 Å². The van der Waals surface area contributed by atoms with Crippen LogP contribution in [0.3, 0.4) is 0 Å². The summed E-state index contributed by atoms with van der Waals surface area (Å²) in [5.41, 5.74) is 1.44. The molecule has 4 rings (SSSR count). The summed E-state index contributed by atoms with van der Waals surface area (Å²) in [5, 5.41) is 25.1. The molecule has 0 heterocycles. The van der Waals surface area contributed by atoms with Gasteiger partial charge in [0.05, 0.1) is 4.92 Å². The molecule has 0 radical (unpaired) electrons. The van der Waals surface area contributed by atoms with E-state index in [4.69, 9.17) is 4.74 Å². The summed E-state index contributed by atoms with van der Waals surface area (Å²) in [6, 6.07) is 26.5. The molecule has 1 N–H and O–H groups in total. The Hall–Kier alpha value is -4.48. The number of rotatable bonds is 7. The van der Waals surface area contributed by atoms with Crippen molar-refractivity contribution in [1.82, 2.24) is 0 Å². The molecular formula is C27H18BrN3O4. The van der Waals surface area contributed by atoms with Crippen molar-refractivity contribution < 1.29 is 14.5 Å². The molecule has 0 saturated carbocycles. The number of carbonyl (C=O) groups excluding carboxylic acids is 1. The highest BCUT2D eigenvalue weighted by Gasteiger charge is 2.15. The van der Waals surface area contributed by atoms with Gasteiger partial charge in [0.15, 0.2) is 0 Å². The predicted molar refractivity (Wildman–Crippen MR) is 138 cm³/mol. The van der Waals surface area contributed by atoms with Gasteiger partial charge in [0.2, 0.25) is 0 Å². The minimum Gasteiger partial charge on any atom is -0.488 e. The summed E-state index contributed by atoms with van der Waals surface area (Å²) in [6.07, 6.45) is 1.48. The third-order valence-corrected chi connectivity index (χ3v) is 5.74. The van der Waals surface area contributed by atoms with E-state index in [1.807, 2.05) is 60.7 Å². The number of ether oxygens (including phenoxy) is 1. The number of halogens is 1. The lowest BCUT2D eigenvalue weighted by molar-refractivity contribution is -0.384. The Labute approximate surface area is 209 Å². The van der Waals surface area contributed by atoms with Crippen LogP contribution in [0, 0.1) is 21.4 Å². The van der Waals surface area contributed by atoms with E-state index in [0.29, 0.717) is 17.9 Å². The summed E-state index contributed by atoms with van der Waals surface area (Å²) in [5.74, 6) is -0.165. The summed E-state index contributed by atoms with van der Waals surface area (Å²) in [4.78, 5) is 23.3. The largest absolute Gasteiger partial charge is 0.488 e. The van der Waals surface area contributed by atoms with Gasteiger partial charge in [-0.05, 0) is 46.7 Å². The molecule has 7 nitrogen and oxygen atoms in total. The van der Waals surface area contributed by atoms with Crippen LogP contribution >= 0.6 is 15.9 Å². The number of carbonyl (C=O) groups is 1. The molecule has 8 heteroatoms. The minimum atomic E-state index is -0.681. The van der Waals surface area contributed by atoms with Crippen molar-refractivity contribution in [3.63, 3.8) is 0 Å². The maximum atomic E-state index is 12.9. The van der Waals surface area contributed by atoms with E-state index in [0.717, 1.165) is 20.8 Å². The van der Waals surface area contributed by atoms with Crippen LogP contribution in [0.1, 0.15) is 11.1 Å². The van der Waals surface area contributed by atoms with Crippen LogP contribution in [0.5, 0.6) is 5.75 Å². The lowest BCUT2D eigenvalue weighted by Crippen LogP contribution is -2.13. The number of amides is 1. The average molecular weight is 528 g/mol. The molecule has 0 bridgehead atoms. The number of nitro benzene ring substituents is 1. The van der Waals surface area contributed by atoms with Crippen molar-refractivity contribution in [3.05, 3.63) is 116 Å². The van der Waals surface area contributed by atoms with Crippen molar-refractivity contribution in [2.24, 2.45) is 0 Å². The van der Waals surface area contributed by atoms with E-state index in [2.05, 4.69) is 21.2 Å². The third-order valence-electron chi connectivity index (χ3n) is 5.21. The zero-order valence-corrected chi connectivity index (χ0v) is 19.9. The number of nitrogens with one attached hydrogen (secondary N) is 1. The molecule has 0 saturated heterocycles. The number of hydrogen-bond acceptors (Lipinski definition) is 5. The Morgan fingerprint density at radius 1 is 1.06 bits per heavy atom. The van der Waals surface area contributed by atoms with Gasteiger partial charge in [-0.15, -0.1) is 0 Å². The number of anilines is 1. The average Bonchev–Trinajstić information content (AvgIpc) is 2.87. The van der Waals surface area contributed by atoms with Gasteiger partial charge in [0.1, 0.15) is 24.0 Å². The van der Waals surface area contributed by atoms with Crippen molar-refractivity contribution in [2.45, 2.75) is 6.61 Å². The van der Waals surface area contributed by atoms with Crippen molar-refractivity contribution >= 4 is 50.1 Å². The molecule has 0 aliphatic heterocycles. The lowest BCUT2D eigenvalue weighted by atomic mass is 10.0. The summed E-state index contributed by atoms with van der Waals surface area (Å²) in [6.45, 7) is 0.300. The van der Waals surface area contributed by atoms with Gasteiger partial charge in [0.25, 0.3) is 11.6 Å². The summed E-state index contributed by atoms with van der Waals surface area (Å²) in [7, 11) is 0. The van der Waals surface area contributed by atoms with Crippen LogP contribution in [0.2, 0.25) is 0 Å². The fourth-order valence-electron chi connectivity index (χ4n) is 3.48. The zero-order chi connectivity index (χ0) is 24.8. The molecule has 0 aliphatic rings. The molecule has 172 valence electrons. The van der Waals surface area contributed by atoms with Gasteiger partial charge in [-0.2, -0.15) is 5.26 Å². The molecule has 0 fully saturated rings. The van der Waals surface area contributed by atoms with Crippen LogP contribution in [0.4, 0.5) is 11.4 Å². The fraction of sp³-hybridized carbons (Fsp3) is 0.0370. The molecule has 0 aliphatic carbocycles. The molecular weight excluding hydrogens is 510 g/mol. The van der Waals surface area contributed by atoms with E-state index in [9.17, 15) is 20.2 Å². The SMILES string of the molecule is N#C/C(=C\c1c(OCc2ccc(Br)cc2)ccc2ccccc12)C(=O)Nc1cccc([N+](=O)[O-])c1. The van der Waals surface area contributed by atoms with Gasteiger partial charge < -0.3 is 10.1 Å². The maximum absolute atomic E-state index is 12.9. The van der Waals surface area contributed by atoms with Crippen LogP contribution in [0.25, 0.3) is 16.8 Å². The molecule has 0 spiro atoms. The van der Waals surface area contributed by atoms with Crippen LogP contribution in [0.15, 0.2) is 95.0 Å². The Morgan fingerprint density at radius 3 is 2.57 bits per heavy atom. The molecule has 4 aromatic carbocycles. The van der Waals surface area contributed by atoms with Gasteiger partial charge in [-0.1, -0.05) is 64.5 Å². The summed E-state index contributed by atoms with van der Waals surface area (Å²) < 4.78 is 7.04. The van der Waals surface area contributed by atoms with E-state index in [1.165, 1.54) is 30.3 Å². The number of benzene rings is 4. The topological polar surface area (TPSA) is 105 Å². The first-order chi connectivity index (χ1) is 16.9. The maximum Gasteiger partial charge on any atom is 0.271 e. The van der Waals surface area contributed by atoms with Crippen molar-refractivity contribution in [1.29, 1.82) is 5.26 Å². The van der Waals surface area contributed by atoms with Crippen LogP contribution < -0.4 is 10.1 Å². The molecule has 0 unspecified atom stereocenters. The van der Waals surface area contributed by atoms with E-state index < -0.39 is 10.8 Å². The molecule has 0 aromatic heterocycles. The Balaban J connectivity index is 1.68. The van der Waals surface area contributed by atoms with E-state index in [1.54, 1.807) is 6.07 Å². The number of nitro groups is 1. The standard InChI is InChI=1S/C27H18BrN3O4/c28-21-11-8-18(9-12-21)17-35-26-13-10-19-4-1-2-7-24(19)25(26)14-20(16-29)27(32)30-22-5-3-6-23(15-22)31(33)34/h1-15H,17H2,(H,30,32)/b20-14+. The number of nitrogens with zero attached hydrogens (tertiary/aromatic N) is 2. The molecule has 4 aromatic rings. The smallest absolute Gasteiger partial charge is 0.271 e. The molecule has 35 heavy (non-hydrogen) atoms. The lowest BCUT2D eigenvalue weighted by Gasteiger charge is -2.13. The highest BCUT2D eigenvalue weighted by molar-refractivity contribution is 9.10. The van der Waals surface area contributed by atoms with Crippen LogP contribution in [-0.4, -0.2) is 10.8 Å². The monoisotopic (exact) mass is 527 g/mol. The third kappa shape index (κ3) is 5.72. The normalized spacial score (nSPS) is 11.0. The quantitative estimate of drug-likeness (QED) is 0.125. The number of non-ortho nitro benzene ring substituents is 1. The second kappa shape index (κ2) is 10.6. The Bertz CT molecular complexity index is 1490. The van der Waals surface area contributed by atoms with Gasteiger partial charge in [0, 0.05) is 27.9 Å². The number of nitriles is 1. The second-order valence-corrected chi connectivity index (χ2v) is 8.46. The molecule has 1 amide bonds. The highest BCUT2D eigenvalue weighted by atomic mass is 79.9. The fourth-order valence-corrected chi connectivity index (χ4v) is 3.74. The molecule has 0 atom stereocenters. The highest BCUT2D eigenvalue weighted by Crippen LogP contribution is 2.31. The first-order valence-corrected chi connectivity index (χ1v) is 11.3. The Kier molecular flexibility index (Phi) is 7.19. The summed E-state index contributed by atoms with van der Waals surface area (Å²) >= 11 is 3.41. The van der Waals surface area contributed by atoms with E-state index >= 15 is 0 Å². The predicted octanol–water partition coefficient (Wildman–Crippen LogP) is 6.64. The number of fused-ring (bicyclic) bond motifs is 1.